The number of nitrogens with one attached hydrogen (secondary N) is 1. The Hall–Kier alpha value is -1.46. The van der Waals surface area contributed by atoms with Crippen molar-refractivity contribution >= 4 is 5.91 Å². The number of rotatable bonds is 7. The summed E-state index contributed by atoms with van der Waals surface area (Å²) in [6, 6.07) is 5.38. The monoisotopic (exact) mass is 308 g/mol. The summed E-state index contributed by atoms with van der Waals surface area (Å²) in [5.74, 6) is -2.01. The van der Waals surface area contributed by atoms with E-state index in [1.165, 1.54) is 35.6 Å². The molecule has 4 nitrogen and oxygen atoms in total. The number of amides is 1. The predicted molar refractivity (Wildman–Crippen MR) is 83.7 cm³/mol. The average molecular weight is 308 g/mol. The van der Waals surface area contributed by atoms with Gasteiger partial charge in [-0.1, -0.05) is 26.2 Å². The minimum atomic E-state index is -1.33. The van der Waals surface area contributed by atoms with Gasteiger partial charge in [-0.2, -0.15) is 0 Å². The van der Waals surface area contributed by atoms with Crippen molar-refractivity contribution in [2.45, 2.75) is 57.8 Å². The maximum atomic E-state index is 13.0. The van der Waals surface area contributed by atoms with Crippen molar-refractivity contribution in [3.63, 3.8) is 0 Å². The van der Waals surface area contributed by atoms with E-state index in [0.29, 0.717) is 12.1 Å². The van der Waals surface area contributed by atoms with Gasteiger partial charge in [-0.25, -0.2) is 4.39 Å². The molecule has 1 unspecified atom stereocenters. The lowest BCUT2D eigenvalue weighted by molar-refractivity contribution is 0.0395. The van der Waals surface area contributed by atoms with Gasteiger partial charge in [-0.3, -0.25) is 15.0 Å². The van der Waals surface area contributed by atoms with E-state index in [9.17, 15) is 14.3 Å². The fraction of sp³-hybridized carbons (Fsp3) is 0.588. The number of hydrogen-bond donors (Lipinski definition) is 2. The van der Waals surface area contributed by atoms with E-state index >= 15 is 0 Å². The topological polar surface area (TPSA) is 52.3 Å². The second-order valence-electron chi connectivity index (χ2n) is 6.37. The summed E-state index contributed by atoms with van der Waals surface area (Å²) in [4.78, 5) is 13.9. The van der Waals surface area contributed by atoms with E-state index in [1.807, 2.05) is 13.8 Å². The molecule has 0 spiro atoms. The van der Waals surface area contributed by atoms with Crippen molar-refractivity contribution in [2.24, 2.45) is 0 Å². The van der Waals surface area contributed by atoms with Gasteiger partial charge in [0, 0.05) is 5.56 Å². The summed E-state index contributed by atoms with van der Waals surface area (Å²) in [5, 5.41) is 13.8. The summed E-state index contributed by atoms with van der Waals surface area (Å²) in [6.07, 6.45) is 4.39. The van der Waals surface area contributed by atoms with E-state index in [4.69, 9.17) is 0 Å². The molecular formula is C17H25FN2O2. The highest BCUT2D eigenvalue weighted by Crippen LogP contribution is 2.48. The Labute approximate surface area is 131 Å². The number of carbonyl (C=O) groups is 1. The quantitative estimate of drug-likeness (QED) is 0.463. The van der Waals surface area contributed by atoms with E-state index in [1.54, 1.807) is 0 Å². The third kappa shape index (κ3) is 3.01. The van der Waals surface area contributed by atoms with Crippen LogP contribution in [-0.2, 0) is 0 Å². The van der Waals surface area contributed by atoms with Gasteiger partial charge in [0.25, 0.3) is 5.91 Å². The fourth-order valence-electron chi connectivity index (χ4n) is 2.80. The third-order valence-electron chi connectivity index (χ3n) is 4.38. The zero-order chi connectivity index (χ0) is 16.4. The lowest BCUT2D eigenvalue weighted by atomic mass is 10.1. The SMILES string of the molecule is CCCCCCNC1(O)N(C(=O)c2ccc(F)cc2)C1(C)C. The molecule has 1 aliphatic rings. The summed E-state index contributed by atoms with van der Waals surface area (Å²) in [6.45, 7) is 6.43. The van der Waals surface area contributed by atoms with Gasteiger partial charge in [-0.05, 0) is 51.1 Å². The normalized spacial score (nSPS) is 22.7. The van der Waals surface area contributed by atoms with Crippen LogP contribution in [0, 0.1) is 5.82 Å². The zero-order valence-corrected chi connectivity index (χ0v) is 13.5. The number of nitrogens with zero attached hydrogens (tertiary/aromatic N) is 1. The molecule has 2 N–H and O–H groups in total. The van der Waals surface area contributed by atoms with Crippen molar-refractivity contribution in [1.29, 1.82) is 0 Å². The van der Waals surface area contributed by atoms with Crippen LogP contribution in [0.25, 0.3) is 0 Å². The second-order valence-corrected chi connectivity index (χ2v) is 6.37. The van der Waals surface area contributed by atoms with Crippen molar-refractivity contribution in [2.75, 3.05) is 6.54 Å². The first-order valence-electron chi connectivity index (χ1n) is 7.92. The molecule has 1 heterocycles. The van der Waals surface area contributed by atoms with Crippen LogP contribution in [0.4, 0.5) is 4.39 Å². The summed E-state index contributed by atoms with van der Waals surface area (Å²) in [7, 11) is 0. The molecule has 0 bridgehead atoms. The Morgan fingerprint density at radius 3 is 2.45 bits per heavy atom. The van der Waals surface area contributed by atoms with Crippen LogP contribution >= 0.6 is 0 Å². The van der Waals surface area contributed by atoms with Crippen LogP contribution in [0.3, 0.4) is 0 Å². The molecule has 1 amide bonds. The molecule has 122 valence electrons. The average Bonchev–Trinajstić information content (AvgIpc) is 2.92. The molecule has 0 aromatic heterocycles. The van der Waals surface area contributed by atoms with E-state index in [0.717, 1.165) is 19.3 Å². The molecule has 22 heavy (non-hydrogen) atoms. The van der Waals surface area contributed by atoms with Gasteiger partial charge >= 0.3 is 0 Å². The van der Waals surface area contributed by atoms with Crippen LogP contribution < -0.4 is 5.32 Å². The number of benzene rings is 1. The molecule has 1 saturated heterocycles. The molecule has 1 fully saturated rings. The summed E-state index contributed by atoms with van der Waals surface area (Å²) in [5.41, 5.74) is -0.304. The largest absolute Gasteiger partial charge is 0.356 e. The molecule has 2 rings (SSSR count). The maximum absolute atomic E-state index is 13.0. The standard InChI is InChI=1S/C17H25FN2O2/c1-4-5-6-7-12-19-17(22)16(2,3)20(17)15(21)13-8-10-14(18)11-9-13/h8-11,19,22H,4-7,12H2,1-3H3. The number of hydrogen-bond acceptors (Lipinski definition) is 3. The number of halogens is 1. The van der Waals surface area contributed by atoms with Gasteiger partial charge in [0.1, 0.15) is 11.4 Å². The minimum Gasteiger partial charge on any atom is -0.356 e. The van der Waals surface area contributed by atoms with Crippen LogP contribution in [0.2, 0.25) is 0 Å². The molecular weight excluding hydrogens is 283 g/mol. The highest BCUT2D eigenvalue weighted by atomic mass is 19.1. The number of carbonyl (C=O) groups excluding carboxylic acids is 1. The highest BCUT2D eigenvalue weighted by molar-refractivity contribution is 5.97. The van der Waals surface area contributed by atoms with Gasteiger partial charge in [-0.15, -0.1) is 0 Å². The Morgan fingerprint density at radius 1 is 1.23 bits per heavy atom. The number of aliphatic hydroxyl groups is 1. The summed E-state index contributed by atoms with van der Waals surface area (Å²) >= 11 is 0. The molecule has 1 atom stereocenters. The van der Waals surface area contributed by atoms with Crippen molar-refractivity contribution < 1.29 is 14.3 Å². The number of unbranched alkanes of at least 4 members (excludes halogenated alkanes) is 3. The Balaban J connectivity index is 1.98. The van der Waals surface area contributed by atoms with E-state index in [-0.39, 0.29) is 11.7 Å². The zero-order valence-electron chi connectivity index (χ0n) is 13.5. The van der Waals surface area contributed by atoms with Crippen LogP contribution in [-0.4, -0.2) is 33.8 Å². The molecule has 0 radical (unpaired) electrons. The fourth-order valence-corrected chi connectivity index (χ4v) is 2.80. The van der Waals surface area contributed by atoms with E-state index in [2.05, 4.69) is 12.2 Å². The molecule has 1 aliphatic heterocycles. The minimum absolute atomic E-state index is 0.298. The van der Waals surface area contributed by atoms with Crippen molar-refractivity contribution in [3.8, 4) is 0 Å². The Kier molecular flexibility index (Phi) is 4.87. The van der Waals surface area contributed by atoms with Crippen molar-refractivity contribution in [3.05, 3.63) is 35.6 Å². The van der Waals surface area contributed by atoms with Gasteiger partial charge in [0.05, 0.1) is 0 Å². The molecule has 0 aliphatic carbocycles. The highest BCUT2D eigenvalue weighted by Gasteiger charge is 2.71. The molecule has 0 saturated carbocycles. The van der Waals surface area contributed by atoms with Gasteiger partial charge in [0.15, 0.2) is 0 Å². The Morgan fingerprint density at radius 2 is 1.86 bits per heavy atom. The van der Waals surface area contributed by atoms with E-state index < -0.39 is 11.4 Å². The summed E-state index contributed by atoms with van der Waals surface area (Å²) < 4.78 is 13.0. The lowest BCUT2D eigenvalue weighted by Crippen LogP contribution is -2.41. The third-order valence-corrected chi connectivity index (χ3v) is 4.38. The predicted octanol–water partition coefficient (Wildman–Crippen LogP) is 2.88. The first kappa shape index (κ1) is 16.9. The smallest absolute Gasteiger partial charge is 0.257 e. The molecule has 1 aromatic carbocycles. The lowest BCUT2D eigenvalue weighted by Gasteiger charge is -2.13. The van der Waals surface area contributed by atoms with Crippen LogP contribution in [0.15, 0.2) is 24.3 Å². The van der Waals surface area contributed by atoms with Gasteiger partial charge < -0.3 is 5.11 Å². The first-order chi connectivity index (χ1) is 10.3. The van der Waals surface area contributed by atoms with Crippen molar-refractivity contribution in [1.82, 2.24) is 10.2 Å². The molecule has 1 aromatic rings. The van der Waals surface area contributed by atoms with Crippen LogP contribution in [0.1, 0.15) is 56.8 Å². The molecule has 5 heteroatoms. The van der Waals surface area contributed by atoms with Gasteiger partial charge in [0.2, 0.25) is 5.85 Å². The second kappa shape index (κ2) is 6.34. The van der Waals surface area contributed by atoms with Crippen LogP contribution in [0.5, 0.6) is 0 Å². The maximum Gasteiger partial charge on any atom is 0.257 e. The first-order valence-corrected chi connectivity index (χ1v) is 7.92. The Bertz CT molecular complexity index is 530.